The summed E-state index contributed by atoms with van der Waals surface area (Å²) in [5.41, 5.74) is -1.68. The van der Waals surface area contributed by atoms with Crippen molar-refractivity contribution in [3.05, 3.63) is 64.2 Å². The number of nitriles is 2. The number of nitrogens with zero attached hydrogens (tertiary/aromatic N) is 6. The average Bonchev–Trinajstić information content (AvgIpc) is 3.37. The van der Waals surface area contributed by atoms with E-state index in [0.717, 1.165) is 21.9 Å². The first-order chi connectivity index (χ1) is 28.7. The summed E-state index contributed by atoms with van der Waals surface area (Å²) in [7, 11) is 0. The third-order valence-corrected chi connectivity index (χ3v) is 12.3. The number of alkyl halides is 6. The lowest BCUT2D eigenvalue weighted by atomic mass is 9.89. The van der Waals surface area contributed by atoms with Crippen molar-refractivity contribution in [1.29, 1.82) is 10.5 Å². The molecular weight excluding hydrogens is 829 g/mol. The van der Waals surface area contributed by atoms with Crippen LogP contribution in [0.25, 0.3) is 0 Å². The highest BCUT2D eigenvalue weighted by Crippen LogP contribution is 2.41. The molecule has 1 aliphatic carbocycles. The number of amides is 3. The van der Waals surface area contributed by atoms with Gasteiger partial charge in [-0.25, -0.2) is 0 Å². The molecule has 0 aromatic heterocycles. The number of carbonyl (C=O) groups excluding carboxylic acids is 4. The predicted molar refractivity (Wildman–Crippen MR) is 211 cm³/mol. The van der Waals surface area contributed by atoms with Crippen LogP contribution >= 0.6 is 12.2 Å². The Balaban J connectivity index is 0.988. The second-order valence-corrected chi connectivity index (χ2v) is 16.9. The summed E-state index contributed by atoms with van der Waals surface area (Å²) in [5.74, 6) is -2.21. The van der Waals surface area contributed by atoms with E-state index in [1.54, 1.807) is 35.8 Å². The number of ketones is 1. The first kappa shape index (κ1) is 45.6. The van der Waals surface area contributed by atoms with Crippen molar-refractivity contribution in [3.63, 3.8) is 0 Å². The van der Waals surface area contributed by atoms with Gasteiger partial charge < -0.3 is 9.64 Å². The predicted octanol–water partition coefficient (Wildman–Crippen LogP) is 5.44. The van der Waals surface area contributed by atoms with Crippen LogP contribution in [0.1, 0.15) is 80.2 Å². The Bertz CT molecular complexity index is 2140. The standard InChI is InChI=1S/C42H45F6N7O5S/c1-40(2)38(59)54(31-5-3-29(22-50)34(20-31)41(43,44)45)39(61)55(40)30-6-8-33(9-7-30)60-14-13-52-11-12-53(35(24-52)42(46,47)48)23-32(56)19-26-15-25(16-27(17-26)21-49)18-28-4-10-36(57)51-37(28)58/h3,5,15-17,20,28,30,33,35H,4,6-14,18-19,23-24H2,1-2H3,(H,51,57,58)/t28?,30?,33?,35-/m1/s1. The molecule has 2 aromatic carbocycles. The third kappa shape index (κ3) is 10.4. The maximum absolute atomic E-state index is 14.4. The highest BCUT2D eigenvalue weighted by Gasteiger charge is 2.53. The molecule has 326 valence electrons. The average molecular weight is 874 g/mol. The van der Waals surface area contributed by atoms with E-state index in [0.29, 0.717) is 43.2 Å². The molecule has 4 aliphatic rings. The molecule has 19 heteroatoms. The fourth-order valence-corrected chi connectivity index (χ4v) is 9.39. The van der Waals surface area contributed by atoms with E-state index < -0.39 is 65.1 Å². The van der Waals surface area contributed by atoms with Gasteiger partial charge in [0.1, 0.15) is 11.6 Å². The molecule has 2 atom stereocenters. The van der Waals surface area contributed by atoms with Crippen molar-refractivity contribution in [1.82, 2.24) is 20.0 Å². The number of piperidine rings is 1. The number of rotatable bonds is 12. The molecule has 4 fully saturated rings. The zero-order chi connectivity index (χ0) is 44.4. The molecule has 61 heavy (non-hydrogen) atoms. The zero-order valence-corrected chi connectivity index (χ0v) is 34.4. The highest BCUT2D eigenvalue weighted by atomic mass is 32.1. The largest absolute Gasteiger partial charge is 0.417 e. The van der Waals surface area contributed by atoms with Gasteiger partial charge in [-0.3, -0.25) is 39.2 Å². The molecule has 1 N–H and O–H groups in total. The second kappa shape index (κ2) is 18.2. The monoisotopic (exact) mass is 873 g/mol. The molecule has 0 bridgehead atoms. The third-order valence-electron chi connectivity index (χ3n) is 11.9. The number of Topliss-reactive ketones (excluding diaryl/α,β-unsaturated/α-hetero) is 1. The number of hydrogen-bond donors (Lipinski definition) is 1. The molecule has 3 aliphatic heterocycles. The molecule has 1 unspecified atom stereocenters. The van der Waals surface area contributed by atoms with Crippen molar-refractivity contribution in [3.8, 4) is 12.1 Å². The van der Waals surface area contributed by atoms with Crippen LogP contribution in [0.2, 0.25) is 0 Å². The maximum Gasteiger partial charge on any atom is 0.417 e. The van der Waals surface area contributed by atoms with Gasteiger partial charge in [-0.05, 0) is 106 Å². The van der Waals surface area contributed by atoms with Gasteiger partial charge in [0, 0.05) is 51.0 Å². The summed E-state index contributed by atoms with van der Waals surface area (Å²) in [6, 6.07) is 9.25. The Hall–Kier alpha value is -4.95. The first-order valence-corrected chi connectivity index (χ1v) is 20.4. The quantitative estimate of drug-likeness (QED) is 0.165. The SMILES string of the molecule is CC1(C)C(=O)N(c2ccc(C#N)c(C(F)(F)F)c2)C(=S)N1C1CCC(OCCN2CCN(CC(=O)Cc3cc(C#N)cc(CC4CCC(=O)NC4=O)c3)[C@@H](C(F)(F)F)C2)CC1. The van der Waals surface area contributed by atoms with E-state index in [2.05, 4.69) is 5.32 Å². The number of hydrogen-bond acceptors (Lipinski definition) is 10. The summed E-state index contributed by atoms with van der Waals surface area (Å²) in [6.45, 7) is 3.15. The van der Waals surface area contributed by atoms with Gasteiger partial charge in [0.05, 0.1) is 53.8 Å². The van der Waals surface area contributed by atoms with E-state index in [9.17, 15) is 56.0 Å². The lowest BCUT2D eigenvalue weighted by Gasteiger charge is -2.42. The van der Waals surface area contributed by atoms with Crippen molar-refractivity contribution < 1.29 is 50.3 Å². The van der Waals surface area contributed by atoms with Crippen LogP contribution in [0.3, 0.4) is 0 Å². The van der Waals surface area contributed by atoms with Gasteiger partial charge in [-0.2, -0.15) is 36.9 Å². The first-order valence-electron chi connectivity index (χ1n) is 20.0. The normalized spacial score (nSPS) is 24.1. The summed E-state index contributed by atoms with van der Waals surface area (Å²) >= 11 is 5.68. The van der Waals surface area contributed by atoms with E-state index in [4.69, 9.17) is 17.0 Å². The summed E-state index contributed by atoms with van der Waals surface area (Å²) in [5, 5.41) is 21.1. The van der Waals surface area contributed by atoms with Gasteiger partial charge in [0.15, 0.2) is 10.9 Å². The van der Waals surface area contributed by atoms with Crippen molar-refractivity contribution in [2.24, 2.45) is 5.92 Å². The van der Waals surface area contributed by atoms with Gasteiger partial charge in [0.25, 0.3) is 5.91 Å². The van der Waals surface area contributed by atoms with E-state index in [1.807, 2.05) is 6.07 Å². The number of imide groups is 1. The number of ether oxygens (including phenoxy) is 1. The van der Waals surface area contributed by atoms with Crippen molar-refractivity contribution in [2.75, 3.05) is 44.2 Å². The highest BCUT2D eigenvalue weighted by molar-refractivity contribution is 7.80. The number of thiocarbonyl (C=S) groups is 1. The molecule has 12 nitrogen and oxygen atoms in total. The number of carbonyl (C=O) groups is 4. The topological polar surface area (TPSA) is 150 Å². The second-order valence-electron chi connectivity index (χ2n) is 16.5. The molecule has 3 saturated heterocycles. The number of halogens is 6. The van der Waals surface area contributed by atoms with Gasteiger partial charge in [0.2, 0.25) is 11.8 Å². The Morgan fingerprint density at radius 1 is 0.951 bits per heavy atom. The van der Waals surface area contributed by atoms with Gasteiger partial charge in [-0.15, -0.1) is 0 Å². The minimum Gasteiger partial charge on any atom is -0.377 e. The van der Waals surface area contributed by atoms with Crippen molar-refractivity contribution in [2.45, 2.75) is 101 Å². The molecule has 6 rings (SSSR count). The Labute approximate surface area is 354 Å². The van der Waals surface area contributed by atoms with Crippen molar-refractivity contribution >= 4 is 46.5 Å². The van der Waals surface area contributed by atoms with Gasteiger partial charge >= 0.3 is 12.4 Å². The fourth-order valence-electron chi connectivity index (χ4n) is 8.83. The molecule has 3 heterocycles. The van der Waals surface area contributed by atoms with Crippen LogP contribution in [-0.2, 0) is 42.9 Å². The lowest BCUT2D eigenvalue weighted by molar-refractivity contribution is -0.197. The molecular formula is C42H45F6N7O5S. The summed E-state index contributed by atoms with van der Waals surface area (Å²) in [6.07, 6.45) is -6.87. The lowest BCUT2D eigenvalue weighted by Crippen LogP contribution is -2.60. The number of nitrogens with one attached hydrogen (secondary N) is 1. The Kier molecular flexibility index (Phi) is 13.6. The summed E-state index contributed by atoms with van der Waals surface area (Å²) < 4.78 is 90.4. The van der Waals surface area contributed by atoms with Gasteiger partial charge in [-0.1, -0.05) is 6.07 Å². The molecule has 3 amide bonds. The Morgan fingerprint density at radius 3 is 2.30 bits per heavy atom. The molecule has 0 radical (unpaired) electrons. The smallest absolute Gasteiger partial charge is 0.377 e. The van der Waals surface area contributed by atoms with Crippen LogP contribution in [0, 0.1) is 28.6 Å². The minimum atomic E-state index is -4.82. The molecule has 0 spiro atoms. The zero-order valence-electron chi connectivity index (χ0n) is 33.6. The van der Waals surface area contributed by atoms with Crippen LogP contribution in [0.5, 0.6) is 0 Å². The summed E-state index contributed by atoms with van der Waals surface area (Å²) in [4.78, 5) is 56.2. The molecule has 2 aromatic rings. The van der Waals surface area contributed by atoms with E-state index >= 15 is 0 Å². The maximum atomic E-state index is 14.4. The van der Waals surface area contributed by atoms with Crippen LogP contribution in [-0.4, -0.2) is 113 Å². The van der Waals surface area contributed by atoms with E-state index in [1.165, 1.54) is 18.2 Å². The minimum absolute atomic E-state index is 0.0126. The Morgan fingerprint density at radius 2 is 1.66 bits per heavy atom. The van der Waals surface area contributed by atoms with Crippen LogP contribution in [0.4, 0.5) is 32.0 Å². The number of piperazine rings is 1. The molecule has 1 saturated carbocycles. The fraction of sp³-hybridized carbons (Fsp3) is 0.548. The number of benzene rings is 2. The number of anilines is 1. The van der Waals surface area contributed by atoms with E-state index in [-0.39, 0.29) is 86.5 Å². The van der Waals surface area contributed by atoms with Crippen LogP contribution in [0.15, 0.2) is 36.4 Å². The van der Waals surface area contributed by atoms with Crippen LogP contribution < -0.4 is 10.2 Å².